The molecular weight excluding hydrogens is 408 g/mol. The van der Waals surface area contributed by atoms with Crippen LogP contribution >= 0.6 is 11.3 Å². The number of aromatic nitrogens is 1. The number of hydrogen-bond acceptors (Lipinski definition) is 6. The number of ether oxygens (including phenoxy) is 1. The number of nitrogens with zero attached hydrogens (tertiary/aromatic N) is 2. The molecular formula is C24H28N4O2S. The molecule has 6 nitrogen and oxygen atoms in total. The second-order valence-electron chi connectivity index (χ2n) is 7.75. The number of methoxy groups -OCH3 is 1. The van der Waals surface area contributed by atoms with E-state index >= 15 is 0 Å². The number of amides is 1. The highest BCUT2D eigenvalue weighted by molar-refractivity contribution is 7.13. The maximum Gasteiger partial charge on any atom is 0.271 e. The molecule has 162 valence electrons. The van der Waals surface area contributed by atoms with Crippen LogP contribution in [0, 0.1) is 0 Å². The third kappa shape index (κ3) is 6.06. The van der Waals surface area contributed by atoms with Crippen LogP contribution in [0.15, 0.2) is 60.0 Å². The Bertz CT molecular complexity index is 967. The van der Waals surface area contributed by atoms with E-state index in [-0.39, 0.29) is 11.9 Å². The van der Waals surface area contributed by atoms with E-state index in [4.69, 9.17) is 4.74 Å². The molecule has 0 unspecified atom stereocenters. The predicted molar refractivity (Wildman–Crippen MR) is 125 cm³/mol. The Kier molecular flexibility index (Phi) is 7.17. The number of hydrogen-bond donors (Lipinski definition) is 2. The lowest BCUT2D eigenvalue weighted by Crippen LogP contribution is -2.44. The van der Waals surface area contributed by atoms with Gasteiger partial charge in [-0.3, -0.25) is 9.69 Å². The van der Waals surface area contributed by atoms with Gasteiger partial charge in [-0.25, -0.2) is 4.98 Å². The number of rotatable bonds is 8. The van der Waals surface area contributed by atoms with Crippen molar-refractivity contribution in [1.29, 1.82) is 0 Å². The van der Waals surface area contributed by atoms with Crippen molar-refractivity contribution >= 4 is 22.4 Å². The fourth-order valence-electron chi connectivity index (χ4n) is 3.72. The number of nitrogens with one attached hydrogen (secondary N) is 2. The monoisotopic (exact) mass is 436 g/mol. The Balaban J connectivity index is 1.22. The summed E-state index contributed by atoms with van der Waals surface area (Å²) in [5, 5.41) is 9.01. The van der Waals surface area contributed by atoms with Crippen molar-refractivity contribution in [3.05, 3.63) is 76.8 Å². The standard InChI is InChI=1S/C24H28N4O2S/c1-30-21-9-7-18(8-10-21)15-25-24-27-22(17-31-24)23(29)26-20-11-13-28(14-12-20)16-19-5-3-2-4-6-19/h2-10,17,20H,11-16H2,1H3,(H,25,27)(H,26,29). The molecule has 3 aromatic rings. The molecule has 0 aliphatic carbocycles. The van der Waals surface area contributed by atoms with Crippen LogP contribution in [0.5, 0.6) is 5.75 Å². The summed E-state index contributed by atoms with van der Waals surface area (Å²) in [6.07, 6.45) is 1.93. The molecule has 1 amide bonds. The van der Waals surface area contributed by atoms with Crippen LogP contribution in [0.25, 0.3) is 0 Å². The largest absolute Gasteiger partial charge is 0.497 e. The zero-order valence-electron chi connectivity index (χ0n) is 17.7. The van der Waals surface area contributed by atoms with Crippen LogP contribution in [0.1, 0.15) is 34.5 Å². The Hall–Kier alpha value is -2.90. The lowest BCUT2D eigenvalue weighted by atomic mass is 10.0. The van der Waals surface area contributed by atoms with Crippen LogP contribution in [-0.2, 0) is 13.1 Å². The van der Waals surface area contributed by atoms with Gasteiger partial charge < -0.3 is 15.4 Å². The van der Waals surface area contributed by atoms with Gasteiger partial charge in [0.25, 0.3) is 5.91 Å². The van der Waals surface area contributed by atoms with Crippen LogP contribution in [-0.4, -0.2) is 42.0 Å². The van der Waals surface area contributed by atoms with Crippen molar-refractivity contribution in [2.75, 3.05) is 25.5 Å². The molecule has 1 aromatic heterocycles. The predicted octanol–water partition coefficient (Wildman–Crippen LogP) is 4.16. The number of carbonyl (C=O) groups is 1. The van der Waals surface area contributed by atoms with E-state index in [1.165, 1.54) is 16.9 Å². The van der Waals surface area contributed by atoms with E-state index in [0.717, 1.165) is 48.9 Å². The van der Waals surface area contributed by atoms with Crippen LogP contribution in [0.2, 0.25) is 0 Å². The minimum absolute atomic E-state index is 0.0877. The number of anilines is 1. The molecule has 31 heavy (non-hydrogen) atoms. The molecule has 1 aliphatic rings. The minimum atomic E-state index is -0.0877. The van der Waals surface area contributed by atoms with Gasteiger partial charge in [0.2, 0.25) is 0 Å². The first-order valence-corrected chi connectivity index (χ1v) is 11.5. The molecule has 1 aliphatic heterocycles. The fraction of sp³-hybridized carbons (Fsp3) is 0.333. The van der Waals surface area contributed by atoms with E-state index in [1.807, 2.05) is 35.7 Å². The van der Waals surface area contributed by atoms with Crippen molar-refractivity contribution in [1.82, 2.24) is 15.2 Å². The molecule has 4 rings (SSSR count). The third-order valence-corrected chi connectivity index (χ3v) is 6.31. The molecule has 2 aromatic carbocycles. The first kappa shape index (κ1) is 21.3. The van der Waals surface area contributed by atoms with Crippen molar-refractivity contribution < 1.29 is 9.53 Å². The second kappa shape index (κ2) is 10.4. The summed E-state index contributed by atoms with van der Waals surface area (Å²) < 4.78 is 5.18. The minimum Gasteiger partial charge on any atom is -0.497 e. The first-order chi connectivity index (χ1) is 15.2. The lowest BCUT2D eigenvalue weighted by molar-refractivity contribution is 0.0904. The highest BCUT2D eigenvalue weighted by Gasteiger charge is 2.22. The molecule has 2 N–H and O–H groups in total. The third-order valence-electron chi connectivity index (χ3n) is 5.51. The van der Waals surface area contributed by atoms with Crippen molar-refractivity contribution in [3.8, 4) is 5.75 Å². The number of thiazole rings is 1. The molecule has 1 saturated heterocycles. The van der Waals surface area contributed by atoms with Gasteiger partial charge in [-0.1, -0.05) is 42.5 Å². The summed E-state index contributed by atoms with van der Waals surface area (Å²) in [6, 6.07) is 18.6. The summed E-state index contributed by atoms with van der Waals surface area (Å²) in [5.74, 6) is 0.748. The van der Waals surface area contributed by atoms with E-state index in [2.05, 4.69) is 44.8 Å². The van der Waals surface area contributed by atoms with E-state index in [1.54, 1.807) is 7.11 Å². The number of benzene rings is 2. The number of carbonyl (C=O) groups excluding carboxylic acids is 1. The number of likely N-dealkylation sites (tertiary alicyclic amines) is 1. The van der Waals surface area contributed by atoms with Gasteiger partial charge in [0.15, 0.2) is 5.13 Å². The Labute approximate surface area is 187 Å². The van der Waals surface area contributed by atoms with Gasteiger partial charge in [-0.05, 0) is 36.1 Å². The van der Waals surface area contributed by atoms with Gasteiger partial charge in [0.05, 0.1) is 7.11 Å². The van der Waals surface area contributed by atoms with E-state index in [9.17, 15) is 4.79 Å². The van der Waals surface area contributed by atoms with E-state index < -0.39 is 0 Å². The second-order valence-corrected chi connectivity index (χ2v) is 8.61. The fourth-order valence-corrected chi connectivity index (χ4v) is 4.41. The maximum atomic E-state index is 12.6. The van der Waals surface area contributed by atoms with Crippen LogP contribution in [0.3, 0.4) is 0 Å². The van der Waals surface area contributed by atoms with Crippen molar-refractivity contribution in [2.24, 2.45) is 0 Å². The number of piperidine rings is 1. The van der Waals surface area contributed by atoms with Gasteiger partial charge in [0, 0.05) is 37.6 Å². The Morgan fingerprint density at radius 3 is 2.55 bits per heavy atom. The van der Waals surface area contributed by atoms with Crippen molar-refractivity contribution in [2.45, 2.75) is 32.0 Å². The summed E-state index contributed by atoms with van der Waals surface area (Å²) in [4.78, 5) is 19.5. The summed E-state index contributed by atoms with van der Waals surface area (Å²) in [5.41, 5.74) is 2.94. The maximum absolute atomic E-state index is 12.6. The summed E-state index contributed by atoms with van der Waals surface area (Å²) in [7, 11) is 1.66. The average Bonchev–Trinajstić information content (AvgIpc) is 3.29. The molecule has 0 radical (unpaired) electrons. The van der Waals surface area contributed by atoms with Crippen LogP contribution in [0.4, 0.5) is 5.13 Å². The van der Waals surface area contributed by atoms with Crippen LogP contribution < -0.4 is 15.4 Å². The molecule has 0 spiro atoms. The molecule has 2 heterocycles. The van der Waals surface area contributed by atoms with Gasteiger partial charge in [-0.15, -0.1) is 11.3 Å². The zero-order valence-corrected chi connectivity index (χ0v) is 18.5. The van der Waals surface area contributed by atoms with Gasteiger partial charge in [0.1, 0.15) is 11.4 Å². The summed E-state index contributed by atoms with van der Waals surface area (Å²) >= 11 is 1.45. The lowest BCUT2D eigenvalue weighted by Gasteiger charge is -2.32. The first-order valence-electron chi connectivity index (χ1n) is 10.6. The normalized spacial score (nSPS) is 14.9. The molecule has 0 atom stereocenters. The van der Waals surface area contributed by atoms with Gasteiger partial charge >= 0.3 is 0 Å². The smallest absolute Gasteiger partial charge is 0.271 e. The Morgan fingerprint density at radius 2 is 1.84 bits per heavy atom. The average molecular weight is 437 g/mol. The van der Waals surface area contributed by atoms with Gasteiger partial charge in [-0.2, -0.15) is 0 Å². The van der Waals surface area contributed by atoms with Crippen molar-refractivity contribution in [3.63, 3.8) is 0 Å². The molecule has 1 fully saturated rings. The molecule has 0 bridgehead atoms. The zero-order chi connectivity index (χ0) is 21.5. The highest BCUT2D eigenvalue weighted by Crippen LogP contribution is 2.19. The quantitative estimate of drug-likeness (QED) is 0.555. The topological polar surface area (TPSA) is 66.5 Å². The molecule has 0 saturated carbocycles. The van der Waals surface area contributed by atoms with E-state index in [0.29, 0.717) is 12.2 Å². The highest BCUT2D eigenvalue weighted by atomic mass is 32.1. The Morgan fingerprint density at radius 1 is 1.10 bits per heavy atom. The molecule has 7 heteroatoms. The summed E-state index contributed by atoms with van der Waals surface area (Å²) in [6.45, 7) is 3.60. The SMILES string of the molecule is COc1ccc(CNc2nc(C(=O)NC3CCN(Cc4ccccc4)CC3)cs2)cc1.